The Bertz CT molecular complexity index is 696. The number of hydrogen-bond acceptors (Lipinski definition) is 4. The number of nitrogens with one attached hydrogen (secondary N) is 2. The average Bonchev–Trinajstić information content (AvgIpc) is 2.82. The maximum atomic E-state index is 12.1. The number of pyridine rings is 1. The van der Waals surface area contributed by atoms with Crippen molar-refractivity contribution >= 4 is 31.8 Å². The van der Waals surface area contributed by atoms with Crippen LogP contribution in [0.1, 0.15) is 11.3 Å². The van der Waals surface area contributed by atoms with Crippen LogP contribution in [0, 0.1) is 6.92 Å². The normalized spacial score (nSPS) is 11.5. The van der Waals surface area contributed by atoms with E-state index in [9.17, 15) is 8.42 Å². The Hall–Kier alpha value is -1.38. The van der Waals surface area contributed by atoms with Crippen molar-refractivity contribution < 1.29 is 8.42 Å². The monoisotopic (exact) mass is 344 g/mol. The zero-order valence-corrected chi connectivity index (χ0v) is 12.5. The molecule has 2 heterocycles. The van der Waals surface area contributed by atoms with Gasteiger partial charge in [0, 0.05) is 29.1 Å². The summed E-state index contributed by atoms with van der Waals surface area (Å²) in [7, 11) is -3.65. The molecule has 0 aromatic carbocycles. The molecule has 19 heavy (non-hydrogen) atoms. The minimum atomic E-state index is -3.65. The van der Waals surface area contributed by atoms with Gasteiger partial charge >= 0.3 is 0 Å². The third-order valence-corrected chi connectivity index (χ3v) is 4.27. The number of rotatable bonds is 4. The number of nitrogens with two attached hydrogens (primary N) is 1. The summed E-state index contributed by atoms with van der Waals surface area (Å²) in [5, 5.41) is 0. The lowest BCUT2D eigenvalue weighted by Gasteiger charge is -2.08. The van der Waals surface area contributed by atoms with Gasteiger partial charge in [-0.25, -0.2) is 13.4 Å². The van der Waals surface area contributed by atoms with Crippen LogP contribution in [-0.4, -0.2) is 18.4 Å². The zero-order chi connectivity index (χ0) is 14.0. The molecule has 0 aliphatic rings. The Morgan fingerprint density at radius 3 is 2.79 bits per heavy atom. The van der Waals surface area contributed by atoms with Gasteiger partial charge in [-0.1, -0.05) is 0 Å². The molecule has 0 atom stereocenters. The third-order valence-electron chi connectivity index (χ3n) is 2.52. The fourth-order valence-electron chi connectivity index (χ4n) is 1.53. The molecule has 2 rings (SSSR count). The number of sulfonamides is 1. The summed E-state index contributed by atoms with van der Waals surface area (Å²) in [6.45, 7) is 2.03. The second-order valence-electron chi connectivity index (χ2n) is 3.99. The summed E-state index contributed by atoms with van der Waals surface area (Å²) >= 11 is 3.27. The Balaban J connectivity index is 2.30. The molecule has 2 aromatic rings. The fourth-order valence-corrected chi connectivity index (χ4v) is 3.07. The van der Waals surface area contributed by atoms with Gasteiger partial charge in [0.1, 0.15) is 10.7 Å². The van der Waals surface area contributed by atoms with Crippen molar-refractivity contribution in [2.24, 2.45) is 5.73 Å². The molecule has 0 saturated heterocycles. The van der Waals surface area contributed by atoms with E-state index in [2.05, 4.69) is 30.6 Å². The fraction of sp³-hybridized carbons (Fsp3) is 0.182. The van der Waals surface area contributed by atoms with E-state index in [-0.39, 0.29) is 11.4 Å². The summed E-state index contributed by atoms with van der Waals surface area (Å²) in [5.41, 5.74) is 6.82. The van der Waals surface area contributed by atoms with Gasteiger partial charge in [0.2, 0.25) is 0 Å². The third kappa shape index (κ3) is 3.14. The van der Waals surface area contributed by atoms with E-state index in [1.807, 2.05) is 0 Å². The van der Waals surface area contributed by atoms with E-state index in [0.717, 1.165) is 10.0 Å². The molecule has 0 unspecified atom stereocenters. The highest BCUT2D eigenvalue weighted by molar-refractivity contribution is 9.10. The molecule has 4 N–H and O–H groups in total. The van der Waals surface area contributed by atoms with E-state index in [1.165, 1.54) is 18.5 Å². The highest BCUT2D eigenvalue weighted by atomic mass is 79.9. The van der Waals surface area contributed by atoms with E-state index < -0.39 is 10.0 Å². The molecule has 0 saturated carbocycles. The molecule has 0 radical (unpaired) electrons. The Morgan fingerprint density at radius 2 is 2.21 bits per heavy atom. The van der Waals surface area contributed by atoms with Crippen LogP contribution in [0.25, 0.3) is 0 Å². The maximum absolute atomic E-state index is 12.1. The van der Waals surface area contributed by atoms with Gasteiger partial charge in [-0.05, 0) is 40.5 Å². The van der Waals surface area contributed by atoms with Crippen molar-refractivity contribution in [1.29, 1.82) is 0 Å². The topological polar surface area (TPSA) is 101 Å². The first-order valence-corrected chi connectivity index (χ1v) is 7.72. The molecular formula is C11H13BrN4O2S. The average molecular weight is 345 g/mol. The van der Waals surface area contributed by atoms with Crippen molar-refractivity contribution in [3.05, 3.63) is 40.3 Å². The van der Waals surface area contributed by atoms with Crippen LogP contribution in [-0.2, 0) is 16.6 Å². The summed E-state index contributed by atoms with van der Waals surface area (Å²) in [5.74, 6) is 0.304. The lowest BCUT2D eigenvalue weighted by atomic mass is 10.3. The van der Waals surface area contributed by atoms with E-state index >= 15 is 0 Å². The quantitative estimate of drug-likeness (QED) is 0.786. The molecule has 8 heteroatoms. The predicted molar refractivity (Wildman–Crippen MR) is 76.2 cm³/mol. The van der Waals surface area contributed by atoms with Crippen LogP contribution in [0.15, 0.2) is 33.9 Å². The number of aryl methyl sites for hydroxylation is 1. The number of aromatic nitrogens is 2. The highest BCUT2D eigenvalue weighted by Crippen LogP contribution is 2.20. The molecule has 0 aliphatic carbocycles. The van der Waals surface area contributed by atoms with Crippen molar-refractivity contribution in [1.82, 2.24) is 9.97 Å². The van der Waals surface area contributed by atoms with E-state index in [0.29, 0.717) is 11.5 Å². The lowest BCUT2D eigenvalue weighted by Crippen LogP contribution is -2.14. The second-order valence-corrected chi connectivity index (χ2v) is 6.59. The largest absolute Gasteiger partial charge is 0.363 e. The molecular weight excluding hydrogens is 332 g/mol. The SMILES string of the molecule is Cc1cc(Br)cnc1NS(=O)(=O)c1c[nH]c(CN)c1. The molecule has 2 aromatic heterocycles. The number of aromatic amines is 1. The molecule has 0 fully saturated rings. The number of halogens is 1. The molecule has 0 aliphatic heterocycles. The smallest absolute Gasteiger partial charge is 0.264 e. The van der Waals surface area contributed by atoms with Gasteiger partial charge in [-0.3, -0.25) is 4.72 Å². The standard InChI is InChI=1S/C11H13BrN4O2S/c1-7-2-8(12)5-15-11(7)16-19(17,18)10-3-9(4-13)14-6-10/h2-3,5-6,14H,4,13H2,1H3,(H,15,16). The zero-order valence-electron chi connectivity index (χ0n) is 10.1. The first kappa shape index (κ1) is 14.0. The van der Waals surface area contributed by atoms with Crippen LogP contribution < -0.4 is 10.5 Å². The van der Waals surface area contributed by atoms with Crippen LogP contribution in [0.4, 0.5) is 5.82 Å². The summed E-state index contributed by atoms with van der Waals surface area (Å²) in [4.78, 5) is 6.98. The Kier molecular flexibility index (Phi) is 3.93. The minimum absolute atomic E-state index is 0.136. The van der Waals surface area contributed by atoms with Crippen molar-refractivity contribution in [2.75, 3.05) is 4.72 Å². The molecule has 6 nitrogen and oxygen atoms in total. The van der Waals surface area contributed by atoms with Crippen molar-refractivity contribution in [3.8, 4) is 0 Å². The predicted octanol–water partition coefficient (Wildman–Crippen LogP) is 1.74. The number of nitrogens with zero attached hydrogens (tertiary/aromatic N) is 1. The second kappa shape index (κ2) is 5.32. The minimum Gasteiger partial charge on any atom is -0.363 e. The van der Waals surface area contributed by atoms with Crippen LogP contribution in [0.2, 0.25) is 0 Å². The first-order chi connectivity index (χ1) is 8.92. The van der Waals surface area contributed by atoms with Crippen LogP contribution in [0.3, 0.4) is 0 Å². The summed E-state index contributed by atoms with van der Waals surface area (Å²) in [6, 6.07) is 3.28. The number of H-pyrrole nitrogens is 1. The van der Waals surface area contributed by atoms with Gasteiger partial charge in [-0.2, -0.15) is 0 Å². The Labute approximate surface area is 119 Å². The van der Waals surface area contributed by atoms with Crippen LogP contribution >= 0.6 is 15.9 Å². The van der Waals surface area contributed by atoms with Crippen molar-refractivity contribution in [2.45, 2.75) is 18.4 Å². The number of anilines is 1. The highest BCUT2D eigenvalue weighted by Gasteiger charge is 2.17. The molecule has 0 bridgehead atoms. The number of hydrogen-bond donors (Lipinski definition) is 3. The Morgan fingerprint density at radius 1 is 1.47 bits per heavy atom. The van der Waals surface area contributed by atoms with E-state index in [4.69, 9.17) is 5.73 Å². The lowest BCUT2D eigenvalue weighted by molar-refractivity contribution is 0.601. The molecule has 102 valence electrons. The summed E-state index contributed by atoms with van der Waals surface area (Å²) < 4.78 is 27.5. The molecule has 0 spiro atoms. The van der Waals surface area contributed by atoms with Gasteiger partial charge < -0.3 is 10.7 Å². The maximum Gasteiger partial charge on any atom is 0.264 e. The van der Waals surface area contributed by atoms with Crippen molar-refractivity contribution in [3.63, 3.8) is 0 Å². The van der Waals surface area contributed by atoms with Gasteiger partial charge in [0.15, 0.2) is 0 Å². The van der Waals surface area contributed by atoms with E-state index in [1.54, 1.807) is 13.0 Å². The van der Waals surface area contributed by atoms with Crippen LogP contribution in [0.5, 0.6) is 0 Å². The summed E-state index contributed by atoms with van der Waals surface area (Å²) in [6.07, 6.45) is 2.94. The van der Waals surface area contributed by atoms with Gasteiger partial charge in [0.05, 0.1) is 0 Å². The van der Waals surface area contributed by atoms with Gasteiger partial charge in [-0.15, -0.1) is 0 Å². The van der Waals surface area contributed by atoms with Gasteiger partial charge in [0.25, 0.3) is 10.0 Å². The first-order valence-electron chi connectivity index (χ1n) is 5.44. The molecule has 0 amide bonds.